The first-order chi connectivity index (χ1) is 17.2. The Morgan fingerprint density at radius 3 is 2.66 bits per heavy atom. The molecule has 1 amide bonds. The lowest BCUT2D eigenvalue weighted by Crippen LogP contribution is -2.24. The number of pyridine rings is 1. The van der Waals surface area contributed by atoms with Gasteiger partial charge in [-0.1, -0.05) is 60.1 Å². The van der Waals surface area contributed by atoms with Gasteiger partial charge in [-0.3, -0.25) is 4.79 Å². The Labute approximate surface area is 206 Å². The highest BCUT2D eigenvalue weighted by atomic mass is 35.5. The summed E-state index contributed by atoms with van der Waals surface area (Å²) in [5.74, 6) is 0.156. The van der Waals surface area contributed by atoms with E-state index in [1.165, 1.54) is 6.21 Å². The highest BCUT2D eigenvalue weighted by molar-refractivity contribution is 6.32. The van der Waals surface area contributed by atoms with Crippen molar-refractivity contribution in [2.45, 2.75) is 0 Å². The van der Waals surface area contributed by atoms with Gasteiger partial charge in [0.1, 0.15) is 10.9 Å². The Bertz CT molecular complexity index is 1510. The molecule has 0 aliphatic rings. The summed E-state index contributed by atoms with van der Waals surface area (Å²) in [6.45, 7) is -0.211. The first-order valence-corrected chi connectivity index (χ1v) is 11.3. The fourth-order valence-electron chi connectivity index (χ4n) is 3.64. The van der Waals surface area contributed by atoms with Crippen molar-refractivity contribution < 1.29 is 9.53 Å². The van der Waals surface area contributed by atoms with Gasteiger partial charge in [-0.15, -0.1) is 0 Å². The number of hydrogen-bond donors (Lipinski definition) is 1. The number of aromatic nitrogens is 3. The molecule has 8 heteroatoms. The topological polar surface area (TPSA) is 81.4 Å². The second kappa shape index (κ2) is 10.2. The summed E-state index contributed by atoms with van der Waals surface area (Å²) in [6.07, 6.45) is 3.19. The summed E-state index contributed by atoms with van der Waals surface area (Å²) in [4.78, 5) is 16.7. The smallest absolute Gasteiger partial charge is 0.277 e. The molecule has 3 aromatic carbocycles. The highest BCUT2D eigenvalue weighted by Crippen LogP contribution is 2.31. The molecule has 0 bridgehead atoms. The lowest BCUT2D eigenvalue weighted by atomic mass is 10.1. The van der Waals surface area contributed by atoms with E-state index in [0.717, 1.165) is 27.8 Å². The molecule has 35 heavy (non-hydrogen) atoms. The Balaban J connectivity index is 1.27. The minimum absolute atomic E-state index is 0.211. The SMILES string of the molecule is O=C(COc1ccccc1-c1ccnn1-c1ccccc1)N/N=C\c1cc2ccccc2nc1Cl. The highest BCUT2D eigenvalue weighted by Gasteiger charge is 2.13. The van der Waals surface area contributed by atoms with E-state index in [-0.39, 0.29) is 6.61 Å². The normalized spacial score (nSPS) is 11.1. The number of nitrogens with one attached hydrogen (secondary N) is 1. The van der Waals surface area contributed by atoms with E-state index >= 15 is 0 Å². The molecule has 0 unspecified atom stereocenters. The van der Waals surface area contributed by atoms with Crippen LogP contribution in [0.15, 0.2) is 102 Å². The maximum Gasteiger partial charge on any atom is 0.277 e. The maximum absolute atomic E-state index is 12.4. The average Bonchev–Trinajstić information content (AvgIpc) is 3.38. The molecular formula is C27H20ClN5O2. The third-order valence-corrected chi connectivity index (χ3v) is 5.57. The van der Waals surface area contributed by atoms with Crippen LogP contribution in [0.1, 0.15) is 5.56 Å². The summed E-state index contributed by atoms with van der Waals surface area (Å²) in [6, 6.07) is 28.7. The molecule has 2 aromatic heterocycles. The van der Waals surface area contributed by atoms with Gasteiger partial charge in [0.2, 0.25) is 0 Å². The summed E-state index contributed by atoms with van der Waals surface area (Å²) in [7, 11) is 0. The predicted molar refractivity (Wildman–Crippen MR) is 137 cm³/mol. The monoisotopic (exact) mass is 481 g/mol. The number of hydrazone groups is 1. The van der Waals surface area contributed by atoms with Gasteiger partial charge < -0.3 is 4.74 Å². The van der Waals surface area contributed by atoms with Gasteiger partial charge in [0, 0.05) is 16.5 Å². The Kier molecular flexibility index (Phi) is 6.50. The first-order valence-electron chi connectivity index (χ1n) is 10.9. The number of fused-ring (bicyclic) bond motifs is 1. The van der Waals surface area contributed by atoms with Crippen LogP contribution in [-0.2, 0) is 4.79 Å². The Hall–Kier alpha value is -4.49. The molecule has 172 valence electrons. The number of hydrogen-bond acceptors (Lipinski definition) is 5. The standard InChI is InChI=1S/C27H20ClN5O2/c28-27-20(16-19-8-4-6-12-23(19)31-27)17-29-32-26(34)18-35-25-13-7-5-11-22(25)24-14-15-30-33(24)21-9-2-1-3-10-21/h1-17H,18H2,(H,32,34)/b29-17-. The molecule has 0 fully saturated rings. The Morgan fingerprint density at radius 2 is 1.77 bits per heavy atom. The number of para-hydroxylation sites is 3. The lowest BCUT2D eigenvalue weighted by Gasteiger charge is -2.12. The first kappa shape index (κ1) is 22.3. The van der Waals surface area contributed by atoms with Crippen molar-refractivity contribution in [3.05, 3.63) is 108 Å². The molecule has 0 aliphatic heterocycles. The third-order valence-electron chi connectivity index (χ3n) is 5.26. The maximum atomic E-state index is 12.4. The minimum atomic E-state index is -0.405. The number of rotatable bonds is 7. The minimum Gasteiger partial charge on any atom is -0.483 e. The van der Waals surface area contributed by atoms with E-state index in [1.807, 2.05) is 95.7 Å². The van der Waals surface area contributed by atoms with Crippen LogP contribution in [0.4, 0.5) is 0 Å². The lowest BCUT2D eigenvalue weighted by molar-refractivity contribution is -0.123. The molecule has 0 atom stereocenters. The van der Waals surface area contributed by atoms with E-state index in [1.54, 1.807) is 6.20 Å². The van der Waals surface area contributed by atoms with Crippen LogP contribution in [0, 0.1) is 0 Å². The third kappa shape index (κ3) is 5.05. The van der Waals surface area contributed by atoms with Gasteiger partial charge >= 0.3 is 0 Å². The van der Waals surface area contributed by atoms with Crippen molar-refractivity contribution in [3.63, 3.8) is 0 Å². The zero-order chi connectivity index (χ0) is 24.0. The predicted octanol–water partition coefficient (Wildman–Crippen LogP) is 5.27. The molecule has 0 saturated carbocycles. The fraction of sp³-hybridized carbons (Fsp3) is 0.0370. The zero-order valence-corrected chi connectivity index (χ0v) is 19.3. The largest absolute Gasteiger partial charge is 0.483 e. The quantitative estimate of drug-likeness (QED) is 0.195. The zero-order valence-electron chi connectivity index (χ0n) is 18.5. The summed E-state index contributed by atoms with van der Waals surface area (Å²) in [5.41, 5.74) is 6.46. The number of carbonyl (C=O) groups is 1. The molecular weight excluding hydrogens is 462 g/mol. The fourth-order valence-corrected chi connectivity index (χ4v) is 3.83. The van der Waals surface area contributed by atoms with E-state index in [9.17, 15) is 4.79 Å². The van der Waals surface area contributed by atoms with Crippen LogP contribution in [0.5, 0.6) is 5.75 Å². The van der Waals surface area contributed by atoms with Gasteiger partial charge in [0.05, 0.1) is 29.3 Å². The molecule has 7 nitrogen and oxygen atoms in total. The van der Waals surface area contributed by atoms with Crippen LogP contribution in [0.2, 0.25) is 5.15 Å². The molecule has 5 rings (SSSR count). The van der Waals surface area contributed by atoms with Gasteiger partial charge in [-0.2, -0.15) is 10.2 Å². The molecule has 0 spiro atoms. The van der Waals surface area contributed by atoms with E-state index in [2.05, 4.69) is 20.6 Å². The molecule has 0 aliphatic carbocycles. The second-order valence-corrected chi connectivity index (χ2v) is 7.96. The van der Waals surface area contributed by atoms with Crippen molar-refractivity contribution in [2.75, 3.05) is 6.61 Å². The summed E-state index contributed by atoms with van der Waals surface area (Å²) < 4.78 is 7.66. The van der Waals surface area contributed by atoms with Gasteiger partial charge in [0.15, 0.2) is 6.61 Å². The van der Waals surface area contributed by atoms with E-state index in [0.29, 0.717) is 16.5 Å². The molecule has 0 radical (unpaired) electrons. The van der Waals surface area contributed by atoms with Crippen LogP contribution < -0.4 is 10.2 Å². The Morgan fingerprint density at radius 1 is 1.00 bits per heavy atom. The molecule has 2 heterocycles. The van der Waals surface area contributed by atoms with Crippen molar-refractivity contribution >= 4 is 34.6 Å². The molecule has 5 aromatic rings. The number of carbonyl (C=O) groups excluding carboxylic acids is 1. The van der Waals surface area contributed by atoms with Crippen LogP contribution in [0.25, 0.3) is 27.8 Å². The molecule has 0 saturated heterocycles. The van der Waals surface area contributed by atoms with E-state index in [4.69, 9.17) is 16.3 Å². The van der Waals surface area contributed by atoms with Crippen LogP contribution in [-0.4, -0.2) is 33.5 Å². The van der Waals surface area contributed by atoms with Crippen LogP contribution in [0.3, 0.4) is 0 Å². The van der Waals surface area contributed by atoms with Crippen molar-refractivity contribution in [1.29, 1.82) is 0 Å². The van der Waals surface area contributed by atoms with Crippen LogP contribution >= 0.6 is 11.6 Å². The van der Waals surface area contributed by atoms with E-state index < -0.39 is 5.91 Å². The average molecular weight is 482 g/mol. The van der Waals surface area contributed by atoms with Crippen molar-refractivity contribution in [1.82, 2.24) is 20.2 Å². The second-order valence-electron chi connectivity index (χ2n) is 7.60. The number of halogens is 1. The number of ether oxygens (including phenoxy) is 1. The number of nitrogens with zero attached hydrogens (tertiary/aromatic N) is 4. The number of amides is 1. The van der Waals surface area contributed by atoms with Crippen molar-refractivity contribution in [2.24, 2.45) is 5.10 Å². The van der Waals surface area contributed by atoms with Gasteiger partial charge in [-0.25, -0.2) is 15.1 Å². The summed E-state index contributed by atoms with van der Waals surface area (Å²) >= 11 is 6.24. The van der Waals surface area contributed by atoms with Crippen molar-refractivity contribution in [3.8, 4) is 22.7 Å². The number of benzene rings is 3. The summed E-state index contributed by atoms with van der Waals surface area (Å²) in [5, 5.41) is 9.68. The molecule has 1 N–H and O–H groups in total. The van der Waals surface area contributed by atoms with Gasteiger partial charge in [-0.05, 0) is 42.5 Å². The van der Waals surface area contributed by atoms with Gasteiger partial charge in [0.25, 0.3) is 5.91 Å².